The summed E-state index contributed by atoms with van der Waals surface area (Å²) in [5.41, 5.74) is -8.14. The highest BCUT2D eigenvalue weighted by atomic mass is 16.6. The zero-order valence-electron chi connectivity index (χ0n) is 33.9. The summed E-state index contributed by atoms with van der Waals surface area (Å²) < 4.78 is 29.5. The van der Waals surface area contributed by atoms with E-state index in [0.717, 1.165) is 6.92 Å². The van der Waals surface area contributed by atoms with E-state index in [1.54, 1.807) is 83.1 Å². The van der Waals surface area contributed by atoms with E-state index < -0.39 is 112 Å². The molecule has 0 spiro atoms. The molecule has 1 heterocycles. The number of ether oxygens (including phenoxy) is 5. The smallest absolute Gasteiger partial charge is 0.408 e. The zero-order chi connectivity index (χ0) is 42.7. The van der Waals surface area contributed by atoms with Gasteiger partial charge in [-0.25, -0.2) is 14.4 Å². The lowest BCUT2D eigenvalue weighted by Gasteiger charge is -2.67. The minimum Gasteiger partial charge on any atom is -0.456 e. The van der Waals surface area contributed by atoms with Crippen molar-refractivity contribution >= 4 is 29.8 Å². The van der Waals surface area contributed by atoms with Gasteiger partial charge in [-0.15, -0.1) is 0 Å². The number of benzene rings is 2. The molecule has 15 heteroatoms. The van der Waals surface area contributed by atoms with Crippen LogP contribution in [0.25, 0.3) is 0 Å². The number of fused-ring (bicyclic) bond motifs is 5. The average Bonchev–Trinajstić information content (AvgIpc) is 3.14. The lowest BCUT2D eigenvalue weighted by molar-refractivity contribution is -0.346. The standard InChI is InChI=1S/C43H53NO14/c1-22-26(55-37(51)32(48)30(24-15-11-9-12-16-24)44-38(52)58-39(3,4)5)20-43(53)35(56-36(50)25-17-13-10-14-18-25)33-41(8,34(49)31(47)29(22)40(43,6)7)27(46)19-28-42(33,21-54-28)57-23(2)45/h9-18,26-28,30-33,35,46-48,53H,19-21H2,1-8H3,(H,44,52)/t26?,27-,28+,30-,31-,32+,33?,35?,41+,42-,43+/m0/s1. The number of amides is 1. The summed E-state index contributed by atoms with van der Waals surface area (Å²) in [7, 11) is 0. The van der Waals surface area contributed by atoms with Crippen LogP contribution >= 0.6 is 0 Å². The van der Waals surface area contributed by atoms with Crippen molar-refractivity contribution in [2.45, 2.75) is 128 Å². The number of aliphatic hydroxyl groups excluding tert-OH is 3. The number of hydrogen-bond acceptors (Lipinski definition) is 14. The van der Waals surface area contributed by atoms with Crippen molar-refractivity contribution in [3.8, 4) is 0 Å². The molecule has 2 bridgehead atoms. The maximum atomic E-state index is 14.9. The van der Waals surface area contributed by atoms with Gasteiger partial charge < -0.3 is 49.4 Å². The van der Waals surface area contributed by atoms with Crippen LogP contribution in [0, 0.1) is 16.7 Å². The molecule has 2 saturated carbocycles. The Bertz CT molecular complexity index is 1980. The highest BCUT2D eigenvalue weighted by Crippen LogP contribution is 2.64. The molecule has 2 aromatic rings. The van der Waals surface area contributed by atoms with Gasteiger partial charge in [-0.3, -0.25) is 9.59 Å². The molecular weight excluding hydrogens is 754 g/mol. The quantitative estimate of drug-likeness (QED) is 0.147. The highest BCUT2D eigenvalue weighted by Gasteiger charge is 2.78. The molecule has 0 aromatic heterocycles. The van der Waals surface area contributed by atoms with Gasteiger partial charge in [0.25, 0.3) is 0 Å². The summed E-state index contributed by atoms with van der Waals surface area (Å²) in [5, 5.41) is 51.6. The topological polar surface area (TPSA) is 224 Å². The summed E-state index contributed by atoms with van der Waals surface area (Å²) >= 11 is 0. The van der Waals surface area contributed by atoms with Crippen LogP contribution in [0.1, 0.15) is 90.2 Å². The molecule has 1 amide bonds. The van der Waals surface area contributed by atoms with Crippen molar-refractivity contribution < 1.29 is 68.1 Å². The van der Waals surface area contributed by atoms with Crippen LogP contribution in [-0.4, -0.2) is 110 Å². The predicted octanol–water partition coefficient (Wildman–Crippen LogP) is 3.26. The van der Waals surface area contributed by atoms with E-state index >= 15 is 0 Å². The molecule has 3 aliphatic carbocycles. The van der Waals surface area contributed by atoms with Crippen LogP contribution in [0.15, 0.2) is 71.8 Å². The molecule has 2 aromatic carbocycles. The number of alkyl carbamates (subject to hydrolysis) is 1. The van der Waals surface area contributed by atoms with E-state index in [1.165, 1.54) is 26.0 Å². The normalized spacial score (nSPS) is 33.7. The molecule has 11 atom stereocenters. The van der Waals surface area contributed by atoms with Crippen molar-refractivity contribution in [2.24, 2.45) is 16.7 Å². The zero-order valence-corrected chi connectivity index (χ0v) is 33.9. The lowest BCUT2D eigenvalue weighted by Crippen LogP contribution is -2.81. The molecule has 5 N–H and O–H groups in total. The summed E-state index contributed by atoms with van der Waals surface area (Å²) in [6.07, 6.45) is -11.5. The molecule has 58 heavy (non-hydrogen) atoms. The number of carbonyl (C=O) groups excluding carboxylic acids is 5. The first-order chi connectivity index (χ1) is 27.0. The van der Waals surface area contributed by atoms with E-state index in [4.69, 9.17) is 23.7 Å². The number of aliphatic hydroxyl groups is 4. The Morgan fingerprint density at radius 3 is 2.10 bits per heavy atom. The van der Waals surface area contributed by atoms with E-state index in [0.29, 0.717) is 5.56 Å². The molecule has 15 nitrogen and oxygen atoms in total. The first kappa shape index (κ1) is 42.9. The van der Waals surface area contributed by atoms with Gasteiger partial charge in [0, 0.05) is 25.2 Å². The van der Waals surface area contributed by atoms with Gasteiger partial charge >= 0.3 is 24.0 Å². The first-order valence-electron chi connectivity index (χ1n) is 19.3. The Hall–Kier alpha value is -4.67. The number of Topliss-reactive ketones (excluding diaryl/α,β-unsaturated/α-hetero) is 1. The number of ketones is 1. The molecule has 0 radical (unpaired) electrons. The maximum absolute atomic E-state index is 14.9. The number of carbonyl (C=O) groups is 5. The molecule has 3 fully saturated rings. The molecule has 4 aliphatic rings. The van der Waals surface area contributed by atoms with E-state index in [1.807, 2.05) is 0 Å². The molecule has 6 rings (SSSR count). The van der Waals surface area contributed by atoms with Crippen molar-refractivity contribution in [2.75, 3.05) is 6.61 Å². The van der Waals surface area contributed by atoms with E-state index in [2.05, 4.69) is 5.32 Å². The lowest BCUT2D eigenvalue weighted by atomic mass is 9.44. The monoisotopic (exact) mass is 807 g/mol. The fourth-order valence-corrected chi connectivity index (χ4v) is 9.56. The van der Waals surface area contributed by atoms with Crippen LogP contribution in [0.3, 0.4) is 0 Å². The fraction of sp³-hybridized carbons (Fsp3) is 0.558. The van der Waals surface area contributed by atoms with Gasteiger partial charge in [-0.05, 0) is 63.5 Å². The minimum absolute atomic E-state index is 0.0637. The fourth-order valence-electron chi connectivity index (χ4n) is 9.56. The van der Waals surface area contributed by atoms with Crippen LogP contribution in [0.2, 0.25) is 0 Å². The van der Waals surface area contributed by atoms with Crippen LogP contribution in [0.5, 0.6) is 0 Å². The largest absolute Gasteiger partial charge is 0.456 e. The third kappa shape index (κ3) is 7.10. The maximum Gasteiger partial charge on any atom is 0.408 e. The summed E-state index contributed by atoms with van der Waals surface area (Å²) in [6.45, 7) is 11.8. The number of nitrogens with one attached hydrogen (secondary N) is 1. The highest BCUT2D eigenvalue weighted by molar-refractivity contribution is 5.94. The average molecular weight is 808 g/mol. The second-order valence-corrected chi connectivity index (χ2v) is 17.6. The van der Waals surface area contributed by atoms with Crippen molar-refractivity contribution in [3.63, 3.8) is 0 Å². The second-order valence-electron chi connectivity index (χ2n) is 17.6. The first-order valence-corrected chi connectivity index (χ1v) is 19.3. The Morgan fingerprint density at radius 1 is 0.948 bits per heavy atom. The predicted molar refractivity (Wildman–Crippen MR) is 204 cm³/mol. The molecular formula is C43H53NO14. The number of rotatable bonds is 8. The Balaban J connectivity index is 1.49. The minimum atomic E-state index is -2.35. The number of hydrogen-bond donors (Lipinski definition) is 5. The van der Waals surface area contributed by atoms with Gasteiger partial charge in [0.1, 0.15) is 35.6 Å². The van der Waals surface area contributed by atoms with E-state index in [9.17, 15) is 44.4 Å². The van der Waals surface area contributed by atoms with Gasteiger partial charge in [-0.2, -0.15) is 0 Å². The Morgan fingerprint density at radius 2 is 1.55 bits per heavy atom. The molecule has 1 aliphatic heterocycles. The third-order valence-electron chi connectivity index (χ3n) is 12.6. The van der Waals surface area contributed by atoms with Crippen molar-refractivity contribution in [3.05, 3.63) is 82.9 Å². The van der Waals surface area contributed by atoms with Gasteiger partial charge in [0.2, 0.25) is 0 Å². The molecule has 3 unspecified atom stereocenters. The van der Waals surface area contributed by atoms with Crippen LogP contribution < -0.4 is 5.32 Å². The summed E-state index contributed by atoms with van der Waals surface area (Å²) in [4.78, 5) is 68.9. The molecule has 1 saturated heterocycles. The van der Waals surface area contributed by atoms with Gasteiger partial charge in [-0.1, -0.05) is 62.4 Å². The summed E-state index contributed by atoms with van der Waals surface area (Å²) in [6, 6.07) is 14.6. The second kappa shape index (κ2) is 15.2. The van der Waals surface area contributed by atoms with Crippen LogP contribution in [-0.2, 0) is 38.1 Å². The summed E-state index contributed by atoms with van der Waals surface area (Å²) in [5.74, 6) is -5.36. The third-order valence-corrected chi connectivity index (χ3v) is 12.6. The Labute approximate surface area is 336 Å². The van der Waals surface area contributed by atoms with Gasteiger partial charge in [0.05, 0.1) is 35.6 Å². The number of esters is 3. The Kier molecular flexibility index (Phi) is 11.2. The molecule has 314 valence electrons. The van der Waals surface area contributed by atoms with Crippen molar-refractivity contribution in [1.29, 1.82) is 0 Å². The van der Waals surface area contributed by atoms with Crippen LogP contribution in [0.4, 0.5) is 4.79 Å². The van der Waals surface area contributed by atoms with E-state index in [-0.39, 0.29) is 29.7 Å². The van der Waals surface area contributed by atoms with Crippen molar-refractivity contribution in [1.82, 2.24) is 5.32 Å². The van der Waals surface area contributed by atoms with Gasteiger partial charge in [0.15, 0.2) is 17.5 Å². The SMILES string of the molecule is CC(=O)O[C@@]12CO[C@@H]1C[C@H](O)[C@@]1(C)C(=O)[C@@H](O)C3=C(C)C(OC(=O)[C@H](O)[C@@H](NC(=O)OC(C)(C)C)c4ccccc4)C[C@@](O)(C(OC(=O)c4ccccc4)C12)C3(C)C.